The van der Waals surface area contributed by atoms with Gasteiger partial charge < -0.3 is 4.90 Å². The van der Waals surface area contributed by atoms with Crippen molar-refractivity contribution in [1.82, 2.24) is 9.80 Å². The first-order chi connectivity index (χ1) is 6.41. The summed E-state index contributed by atoms with van der Waals surface area (Å²) in [5.74, 6) is -0.0607. The topological polar surface area (TPSA) is 40.6 Å². The van der Waals surface area contributed by atoms with E-state index in [9.17, 15) is 9.59 Å². The molecule has 2 rings (SSSR count). The van der Waals surface area contributed by atoms with Gasteiger partial charge in [0.25, 0.3) is 5.91 Å². The molecule has 78 valence electrons. The van der Waals surface area contributed by atoms with Crippen molar-refractivity contribution in [3.63, 3.8) is 0 Å². The molecule has 0 aromatic carbocycles. The first-order valence-corrected chi connectivity index (χ1v) is 5.05. The minimum atomic E-state index is -0.391. The van der Waals surface area contributed by atoms with Crippen molar-refractivity contribution in [2.75, 3.05) is 6.54 Å². The van der Waals surface area contributed by atoms with Crippen LogP contribution in [0.25, 0.3) is 0 Å². The molecule has 0 bridgehead atoms. The highest BCUT2D eigenvalue weighted by atomic mass is 16.2. The molecule has 1 aliphatic carbocycles. The third-order valence-corrected chi connectivity index (χ3v) is 2.65. The highest BCUT2D eigenvalue weighted by Crippen LogP contribution is 2.32. The van der Waals surface area contributed by atoms with Crippen molar-refractivity contribution in [3.05, 3.63) is 0 Å². The van der Waals surface area contributed by atoms with Crippen LogP contribution in [0.3, 0.4) is 0 Å². The summed E-state index contributed by atoms with van der Waals surface area (Å²) in [6.45, 7) is 5.94. The second kappa shape index (κ2) is 2.72. The van der Waals surface area contributed by atoms with Gasteiger partial charge in [-0.25, -0.2) is 4.79 Å². The molecular formula is C10H16N2O2. The van der Waals surface area contributed by atoms with E-state index in [0.29, 0.717) is 6.04 Å². The third-order valence-electron chi connectivity index (χ3n) is 2.65. The van der Waals surface area contributed by atoms with Crippen molar-refractivity contribution in [2.24, 2.45) is 0 Å². The van der Waals surface area contributed by atoms with E-state index in [2.05, 4.69) is 0 Å². The Morgan fingerprint density at radius 2 is 1.79 bits per heavy atom. The first-order valence-electron chi connectivity index (χ1n) is 5.05. The Kier molecular flexibility index (Phi) is 1.84. The molecule has 0 radical (unpaired) electrons. The number of carbonyl (C=O) groups excluding carboxylic acids is 2. The fourth-order valence-corrected chi connectivity index (χ4v) is 1.85. The van der Waals surface area contributed by atoms with Gasteiger partial charge in [0.1, 0.15) is 6.54 Å². The van der Waals surface area contributed by atoms with Gasteiger partial charge in [0.15, 0.2) is 0 Å². The summed E-state index contributed by atoms with van der Waals surface area (Å²) in [4.78, 5) is 26.6. The predicted octanol–water partition coefficient (Wildman–Crippen LogP) is 1.21. The third kappa shape index (κ3) is 1.38. The van der Waals surface area contributed by atoms with Crippen LogP contribution in [0.15, 0.2) is 0 Å². The second-order valence-electron chi connectivity index (χ2n) is 5.04. The Hall–Kier alpha value is -1.06. The van der Waals surface area contributed by atoms with Crippen LogP contribution in [-0.4, -0.2) is 39.9 Å². The van der Waals surface area contributed by atoms with E-state index in [-0.39, 0.29) is 18.5 Å². The largest absolute Gasteiger partial charge is 0.327 e. The van der Waals surface area contributed by atoms with E-state index in [1.807, 2.05) is 20.8 Å². The van der Waals surface area contributed by atoms with Gasteiger partial charge >= 0.3 is 6.03 Å². The molecule has 1 aliphatic heterocycles. The van der Waals surface area contributed by atoms with Crippen molar-refractivity contribution >= 4 is 11.9 Å². The fraction of sp³-hybridized carbons (Fsp3) is 0.800. The van der Waals surface area contributed by atoms with Crippen molar-refractivity contribution in [3.8, 4) is 0 Å². The molecule has 2 aliphatic rings. The smallest absolute Gasteiger partial charge is 0.312 e. The lowest BCUT2D eigenvalue weighted by atomic mass is 10.1. The molecule has 4 heteroatoms. The average Bonchev–Trinajstić information content (AvgIpc) is 2.76. The molecule has 0 N–H and O–H groups in total. The van der Waals surface area contributed by atoms with Crippen LogP contribution in [0.4, 0.5) is 4.79 Å². The summed E-state index contributed by atoms with van der Waals surface area (Å²) in [7, 11) is 0. The highest BCUT2D eigenvalue weighted by Gasteiger charge is 2.47. The molecule has 0 aromatic heterocycles. The monoisotopic (exact) mass is 196 g/mol. The van der Waals surface area contributed by atoms with E-state index >= 15 is 0 Å². The van der Waals surface area contributed by atoms with Gasteiger partial charge in [-0.2, -0.15) is 0 Å². The zero-order valence-corrected chi connectivity index (χ0v) is 8.91. The predicted molar refractivity (Wildman–Crippen MR) is 51.7 cm³/mol. The van der Waals surface area contributed by atoms with Crippen molar-refractivity contribution < 1.29 is 9.59 Å². The number of urea groups is 1. The van der Waals surface area contributed by atoms with E-state index < -0.39 is 5.54 Å². The minimum absolute atomic E-state index is 0.0607. The van der Waals surface area contributed by atoms with Crippen LogP contribution in [-0.2, 0) is 4.79 Å². The molecule has 3 amide bonds. The summed E-state index contributed by atoms with van der Waals surface area (Å²) in [6, 6.07) is 0.226. The van der Waals surface area contributed by atoms with Crippen molar-refractivity contribution in [2.45, 2.75) is 45.2 Å². The SMILES string of the molecule is CC(C)(C)N1C(=O)CN(C2CC2)C1=O. The summed E-state index contributed by atoms with van der Waals surface area (Å²) in [6.07, 6.45) is 2.11. The van der Waals surface area contributed by atoms with Gasteiger partial charge in [0, 0.05) is 11.6 Å². The van der Waals surface area contributed by atoms with Gasteiger partial charge in [-0.05, 0) is 33.6 Å². The number of imide groups is 1. The van der Waals surface area contributed by atoms with Crippen molar-refractivity contribution in [1.29, 1.82) is 0 Å². The Bertz CT molecular complexity index is 289. The Balaban J connectivity index is 2.19. The zero-order chi connectivity index (χ0) is 10.5. The van der Waals surface area contributed by atoms with Crippen LogP contribution in [0.5, 0.6) is 0 Å². The number of nitrogens with zero attached hydrogens (tertiary/aromatic N) is 2. The van der Waals surface area contributed by atoms with Gasteiger partial charge in [0.05, 0.1) is 0 Å². The Morgan fingerprint density at radius 1 is 1.21 bits per heavy atom. The molecule has 1 saturated carbocycles. The Labute approximate surface area is 83.9 Å². The Morgan fingerprint density at radius 3 is 2.14 bits per heavy atom. The standard InChI is InChI=1S/C10H16N2O2/c1-10(2,3)12-8(13)6-11(9(12)14)7-4-5-7/h7H,4-6H2,1-3H3. The zero-order valence-electron chi connectivity index (χ0n) is 8.91. The molecule has 0 unspecified atom stereocenters. The van der Waals surface area contributed by atoms with Gasteiger partial charge in [-0.15, -0.1) is 0 Å². The van der Waals surface area contributed by atoms with E-state index in [1.54, 1.807) is 4.90 Å². The fourth-order valence-electron chi connectivity index (χ4n) is 1.85. The quantitative estimate of drug-likeness (QED) is 0.591. The van der Waals surface area contributed by atoms with Crippen LogP contribution < -0.4 is 0 Å². The molecule has 1 saturated heterocycles. The van der Waals surface area contributed by atoms with Gasteiger partial charge in [0.2, 0.25) is 0 Å². The lowest BCUT2D eigenvalue weighted by Crippen LogP contribution is -2.46. The molecular weight excluding hydrogens is 180 g/mol. The van der Waals surface area contributed by atoms with E-state index in [4.69, 9.17) is 0 Å². The molecule has 2 fully saturated rings. The lowest BCUT2D eigenvalue weighted by Gasteiger charge is -2.29. The molecule has 0 spiro atoms. The molecule has 0 atom stereocenters. The van der Waals surface area contributed by atoms with Gasteiger partial charge in [-0.3, -0.25) is 9.69 Å². The maximum atomic E-state index is 11.9. The first kappa shape index (κ1) is 9.49. The maximum absolute atomic E-state index is 11.9. The number of amides is 3. The number of rotatable bonds is 1. The van der Waals surface area contributed by atoms with Crippen LogP contribution in [0.2, 0.25) is 0 Å². The molecule has 1 heterocycles. The van der Waals surface area contributed by atoms with Gasteiger partial charge in [-0.1, -0.05) is 0 Å². The van der Waals surface area contributed by atoms with E-state index in [0.717, 1.165) is 12.8 Å². The lowest BCUT2D eigenvalue weighted by molar-refractivity contribution is -0.128. The summed E-state index contributed by atoms with van der Waals surface area (Å²) in [5.41, 5.74) is -0.391. The molecule has 14 heavy (non-hydrogen) atoms. The normalized spacial score (nSPS) is 23.6. The molecule has 4 nitrogen and oxygen atoms in total. The number of hydrogen-bond acceptors (Lipinski definition) is 2. The molecule has 0 aromatic rings. The number of hydrogen-bond donors (Lipinski definition) is 0. The number of carbonyl (C=O) groups is 2. The van der Waals surface area contributed by atoms with Crippen LogP contribution in [0, 0.1) is 0 Å². The second-order valence-corrected chi connectivity index (χ2v) is 5.04. The van der Waals surface area contributed by atoms with Crippen LogP contribution in [0.1, 0.15) is 33.6 Å². The highest BCUT2D eigenvalue weighted by molar-refractivity contribution is 6.03. The summed E-state index contributed by atoms with van der Waals surface area (Å²) < 4.78 is 0. The van der Waals surface area contributed by atoms with E-state index in [1.165, 1.54) is 4.90 Å². The average molecular weight is 196 g/mol. The minimum Gasteiger partial charge on any atom is -0.312 e. The summed E-state index contributed by atoms with van der Waals surface area (Å²) >= 11 is 0. The summed E-state index contributed by atoms with van der Waals surface area (Å²) in [5, 5.41) is 0. The maximum Gasteiger partial charge on any atom is 0.327 e. The van der Waals surface area contributed by atoms with Crippen LogP contribution >= 0.6 is 0 Å².